The predicted molar refractivity (Wildman–Crippen MR) is 77.5 cm³/mol. The molecule has 1 aromatic rings. The van der Waals surface area contributed by atoms with Crippen LogP contribution < -0.4 is 11.1 Å². The van der Waals surface area contributed by atoms with Crippen LogP contribution in [0, 0.1) is 11.2 Å². The molecular weight excluding hydrogens is 279 g/mol. The van der Waals surface area contributed by atoms with Crippen molar-refractivity contribution in [2.45, 2.75) is 19.4 Å². The van der Waals surface area contributed by atoms with Crippen LogP contribution in [0.5, 0.6) is 0 Å². The van der Waals surface area contributed by atoms with E-state index in [9.17, 15) is 9.18 Å². The van der Waals surface area contributed by atoms with E-state index in [1.165, 1.54) is 6.07 Å². The topological polar surface area (TPSA) is 64.4 Å². The molecule has 2 rings (SSSR count). The molecule has 4 nitrogen and oxygen atoms in total. The molecule has 1 aliphatic heterocycles. The number of thiocarbonyl (C=S) groups is 1. The van der Waals surface area contributed by atoms with Gasteiger partial charge in [-0.05, 0) is 18.9 Å². The van der Waals surface area contributed by atoms with Crippen LogP contribution in [-0.2, 0) is 16.1 Å². The lowest BCUT2D eigenvalue weighted by atomic mass is 9.79. The second-order valence-corrected chi connectivity index (χ2v) is 5.27. The van der Waals surface area contributed by atoms with E-state index in [0.717, 1.165) is 0 Å². The molecule has 1 fully saturated rings. The maximum atomic E-state index is 13.5. The molecule has 0 aliphatic carbocycles. The molecule has 3 N–H and O–H groups in total. The van der Waals surface area contributed by atoms with Gasteiger partial charge in [0.05, 0.1) is 4.99 Å². The van der Waals surface area contributed by atoms with Crippen LogP contribution in [-0.4, -0.2) is 24.1 Å². The number of nitrogens with two attached hydrogens (primary N) is 1. The Labute approximate surface area is 122 Å². The number of hydrogen-bond acceptors (Lipinski definition) is 3. The second kappa shape index (κ2) is 6.28. The Bertz CT molecular complexity index is 516. The van der Waals surface area contributed by atoms with E-state index < -0.39 is 5.41 Å². The molecule has 1 amide bonds. The van der Waals surface area contributed by atoms with Crippen LogP contribution in [0.3, 0.4) is 0 Å². The van der Waals surface area contributed by atoms with E-state index in [0.29, 0.717) is 31.6 Å². The molecule has 0 spiro atoms. The van der Waals surface area contributed by atoms with Gasteiger partial charge in [0.1, 0.15) is 11.2 Å². The molecule has 6 heteroatoms. The van der Waals surface area contributed by atoms with Gasteiger partial charge >= 0.3 is 0 Å². The third-order valence-corrected chi connectivity index (χ3v) is 4.04. The summed E-state index contributed by atoms with van der Waals surface area (Å²) in [4.78, 5) is 12.6. The summed E-state index contributed by atoms with van der Waals surface area (Å²) in [7, 11) is 0. The largest absolute Gasteiger partial charge is 0.392 e. The van der Waals surface area contributed by atoms with Crippen molar-refractivity contribution in [2.24, 2.45) is 11.1 Å². The summed E-state index contributed by atoms with van der Waals surface area (Å²) in [6.45, 7) is 1.02. The van der Waals surface area contributed by atoms with Crippen LogP contribution in [0.4, 0.5) is 4.39 Å². The summed E-state index contributed by atoms with van der Waals surface area (Å²) in [6, 6.07) is 6.32. The van der Waals surface area contributed by atoms with Crippen molar-refractivity contribution in [3.63, 3.8) is 0 Å². The number of amides is 1. The van der Waals surface area contributed by atoms with Crippen molar-refractivity contribution in [3.05, 3.63) is 35.6 Å². The Morgan fingerprint density at radius 1 is 1.40 bits per heavy atom. The fourth-order valence-electron chi connectivity index (χ4n) is 2.29. The average Bonchev–Trinajstić information content (AvgIpc) is 2.46. The number of hydrogen-bond donors (Lipinski definition) is 2. The van der Waals surface area contributed by atoms with Crippen molar-refractivity contribution in [3.8, 4) is 0 Å². The molecule has 1 heterocycles. The number of halogens is 1. The van der Waals surface area contributed by atoms with Gasteiger partial charge in [-0.1, -0.05) is 30.4 Å². The number of rotatable bonds is 4. The maximum Gasteiger partial charge on any atom is 0.233 e. The fourth-order valence-corrected chi connectivity index (χ4v) is 2.59. The normalized spacial score (nSPS) is 17.4. The van der Waals surface area contributed by atoms with Gasteiger partial charge in [0, 0.05) is 25.3 Å². The van der Waals surface area contributed by atoms with Gasteiger partial charge < -0.3 is 15.8 Å². The van der Waals surface area contributed by atoms with Crippen molar-refractivity contribution in [2.75, 3.05) is 13.2 Å². The highest BCUT2D eigenvalue weighted by molar-refractivity contribution is 7.80. The molecule has 108 valence electrons. The summed E-state index contributed by atoms with van der Waals surface area (Å²) in [6.07, 6.45) is 0.927. The van der Waals surface area contributed by atoms with Gasteiger partial charge in [-0.3, -0.25) is 4.79 Å². The van der Waals surface area contributed by atoms with Gasteiger partial charge in [-0.2, -0.15) is 0 Å². The Kier molecular flexibility index (Phi) is 4.67. The highest BCUT2D eigenvalue weighted by atomic mass is 32.1. The number of carbonyl (C=O) groups is 1. The molecule has 20 heavy (non-hydrogen) atoms. The Morgan fingerprint density at radius 2 is 2.05 bits per heavy atom. The average molecular weight is 296 g/mol. The first-order chi connectivity index (χ1) is 9.56. The van der Waals surface area contributed by atoms with E-state index >= 15 is 0 Å². The van der Waals surface area contributed by atoms with Crippen LogP contribution >= 0.6 is 12.2 Å². The van der Waals surface area contributed by atoms with Gasteiger partial charge in [0.2, 0.25) is 5.91 Å². The lowest BCUT2D eigenvalue weighted by molar-refractivity contribution is -0.131. The van der Waals surface area contributed by atoms with Crippen molar-refractivity contribution in [1.29, 1.82) is 0 Å². The Balaban J connectivity index is 2.06. The monoisotopic (exact) mass is 296 g/mol. The first-order valence-electron chi connectivity index (χ1n) is 6.45. The quantitative estimate of drug-likeness (QED) is 0.827. The SMILES string of the molecule is NC(=S)C1(C(=O)NCc2ccccc2F)CCOCC1. The zero-order valence-electron chi connectivity index (χ0n) is 11.0. The standard InChI is InChI=1S/C14H17FN2O2S/c15-11-4-2-1-3-10(11)9-17-13(18)14(12(16)20)5-7-19-8-6-14/h1-4H,5-9H2,(H2,16,20)(H,17,18). The van der Waals surface area contributed by atoms with E-state index in [4.69, 9.17) is 22.7 Å². The van der Waals surface area contributed by atoms with E-state index in [-0.39, 0.29) is 23.3 Å². The van der Waals surface area contributed by atoms with Gasteiger partial charge in [-0.15, -0.1) is 0 Å². The van der Waals surface area contributed by atoms with Crippen LogP contribution in [0.2, 0.25) is 0 Å². The summed E-state index contributed by atoms with van der Waals surface area (Å²) < 4.78 is 18.8. The van der Waals surface area contributed by atoms with Crippen LogP contribution in [0.15, 0.2) is 24.3 Å². The molecule has 1 aliphatic rings. The molecular formula is C14H17FN2O2S. The fraction of sp³-hybridized carbons (Fsp3) is 0.429. The number of ether oxygens (including phenoxy) is 1. The number of benzene rings is 1. The summed E-state index contributed by atoms with van der Waals surface area (Å²) in [5.41, 5.74) is 5.30. The highest BCUT2D eigenvalue weighted by Gasteiger charge is 2.42. The summed E-state index contributed by atoms with van der Waals surface area (Å²) in [5, 5.41) is 2.73. The van der Waals surface area contributed by atoms with Crippen molar-refractivity contribution < 1.29 is 13.9 Å². The lowest BCUT2D eigenvalue weighted by Gasteiger charge is -2.34. The number of nitrogens with one attached hydrogen (secondary N) is 1. The van der Waals surface area contributed by atoms with E-state index in [1.54, 1.807) is 18.2 Å². The Hall–Kier alpha value is -1.53. The third kappa shape index (κ3) is 2.96. The lowest BCUT2D eigenvalue weighted by Crippen LogP contribution is -2.51. The first-order valence-corrected chi connectivity index (χ1v) is 6.86. The van der Waals surface area contributed by atoms with Gasteiger partial charge in [0.15, 0.2) is 0 Å². The van der Waals surface area contributed by atoms with E-state index in [2.05, 4.69) is 5.32 Å². The van der Waals surface area contributed by atoms with E-state index in [1.807, 2.05) is 0 Å². The maximum absolute atomic E-state index is 13.5. The molecule has 0 unspecified atom stereocenters. The molecule has 0 atom stereocenters. The molecule has 1 saturated heterocycles. The summed E-state index contributed by atoms with van der Waals surface area (Å²) >= 11 is 5.05. The zero-order chi connectivity index (χ0) is 14.6. The second-order valence-electron chi connectivity index (χ2n) is 4.83. The predicted octanol–water partition coefficient (Wildman–Crippen LogP) is 1.52. The van der Waals surface area contributed by atoms with Gasteiger partial charge in [0.25, 0.3) is 0 Å². The van der Waals surface area contributed by atoms with Gasteiger partial charge in [-0.25, -0.2) is 4.39 Å². The summed E-state index contributed by atoms with van der Waals surface area (Å²) in [5.74, 6) is -0.597. The van der Waals surface area contributed by atoms with Crippen molar-refractivity contribution >= 4 is 23.1 Å². The van der Waals surface area contributed by atoms with Crippen LogP contribution in [0.1, 0.15) is 18.4 Å². The molecule has 0 aromatic heterocycles. The minimum Gasteiger partial charge on any atom is -0.392 e. The van der Waals surface area contributed by atoms with Crippen molar-refractivity contribution in [1.82, 2.24) is 5.32 Å². The molecule has 0 saturated carbocycles. The Morgan fingerprint density at radius 3 is 2.65 bits per heavy atom. The smallest absolute Gasteiger partial charge is 0.233 e. The zero-order valence-corrected chi connectivity index (χ0v) is 11.8. The molecule has 0 bridgehead atoms. The molecule has 0 radical (unpaired) electrons. The number of carbonyl (C=O) groups excluding carboxylic acids is 1. The first kappa shape index (κ1) is 14.9. The highest BCUT2D eigenvalue weighted by Crippen LogP contribution is 2.31. The minimum absolute atomic E-state index is 0.122. The third-order valence-electron chi connectivity index (χ3n) is 3.65. The van der Waals surface area contributed by atoms with Crippen LogP contribution in [0.25, 0.3) is 0 Å². The molecule has 1 aromatic carbocycles. The minimum atomic E-state index is -0.876.